The minimum absolute atomic E-state index is 0.786. The highest BCUT2D eigenvalue weighted by Crippen LogP contribution is 2.11. The maximum Gasteiger partial charge on any atom is 0.177 e. The molecule has 1 N–H and O–H groups in total. The second kappa shape index (κ2) is 4.37. The molecule has 0 atom stereocenters. The topological polar surface area (TPSA) is 41.6 Å². The zero-order valence-electron chi connectivity index (χ0n) is 9.43. The van der Waals surface area contributed by atoms with Crippen LogP contribution in [0.25, 0.3) is 11.2 Å². The molecule has 0 spiro atoms. The number of aromatic amines is 1. The Kier molecular flexibility index (Phi) is 2.58. The van der Waals surface area contributed by atoms with Crippen LogP contribution in [0.3, 0.4) is 0 Å². The summed E-state index contributed by atoms with van der Waals surface area (Å²) in [5, 5.41) is 0. The predicted molar refractivity (Wildman–Crippen MR) is 67.7 cm³/mol. The van der Waals surface area contributed by atoms with Crippen molar-refractivity contribution in [1.29, 1.82) is 0 Å². The van der Waals surface area contributed by atoms with Gasteiger partial charge in [-0.05, 0) is 30.0 Å². The second-order valence-corrected chi connectivity index (χ2v) is 4.10. The number of imidazole rings is 1. The lowest BCUT2D eigenvalue weighted by molar-refractivity contribution is 0.954. The fourth-order valence-electron chi connectivity index (χ4n) is 1.94. The molecule has 3 rings (SSSR count). The minimum atomic E-state index is 0.786. The van der Waals surface area contributed by atoms with Gasteiger partial charge in [0.05, 0.1) is 11.8 Å². The number of fused-ring (bicyclic) bond motifs is 1. The molecule has 0 radical (unpaired) electrons. The summed E-state index contributed by atoms with van der Waals surface area (Å²) in [5.41, 5.74) is 4.40. The summed E-state index contributed by atoms with van der Waals surface area (Å²) < 4.78 is 0. The van der Waals surface area contributed by atoms with Gasteiger partial charge >= 0.3 is 0 Å². The molecule has 0 bridgehead atoms. The number of hydrogen-bond acceptors (Lipinski definition) is 2. The van der Waals surface area contributed by atoms with E-state index in [4.69, 9.17) is 0 Å². The van der Waals surface area contributed by atoms with Gasteiger partial charge < -0.3 is 4.98 Å². The molecule has 0 aliphatic rings. The van der Waals surface area contributed by atoms with E-state index in [0.29, 0.717) is 0 Å². The smallest absolute Gasteiger partial charge is 0.177 e. The first-order valence-electron chi connectivity index (χ1n) is 5.74. The first kappa shape index (κ1) is 10.0. The first-order valence-corrected chi connectivity index (χ1v) is 5.74. The first-order chi connectivity index (χ1) is 8.42. The van der Waals surface area contributed by atoms with Gasteiger partial charge in [0.1, 0.15) is 0 Å². The van der Waals surface area contributed by atoms with E-state index in [1.807, 2.05) is 12.3 Å². The molecular formula is C14H13N3. The third-order valence-electron chi connectivity index (χ3n) is 2.88. The number of nitrogens with one attached hydrogen (secondary N) is 1. The summed E-state index contributed by atoms with van der Waals surface area (Å²) in [6, 6.07) is 12.6. The molecule has 84 valence electrons. The highest BCUT2D eigenvalue weighted by molar-refractivity contribution is 5.70. The van der Waals surface area contributed by atoms with Crippen LogP contribution in [0.1, 0.15) is 11.1 Å². The van der Waals surface area contributed by atoms with Crippen molar-refractivity contribution in [1.82, 2.24) is 15.0 Å². The summed E-state index contributed by atoms with van der Waals surface area (Å²) in [6.07, 6.45) is 5.64. The summed E-state index contributed by atoms with van der Waals surface area (Å²) in [5.74, 6) is 0. The van der Waals surface area contributed by atoms with E-state index in [0.717, 1.165) is 24.0 Å². The molecular weight excluding hydrogens is 210 g/mol. The van der Waals surface area contributed by atoms with Gasteiger partial charge in [0.15, 0.2) is 5.65 Å². The third-order valence-corrected chi connectivity index (χ3v) is 2.88. The van der Waals surface area contributed by atoms with Gasteiger partial charge in [-0.25, -0.2) is 9.97 Å². The van der Waals surface area contributed by atoms with Gasteiger partial charge in [-0.1, -0.05) is 30.3 Å². The van der Waals surface area contributed by atoms with Crippen molar-refractivity contribution in [2.75, 3.05) is 0 Å². The number of hydrogen-bond donors (Lipinski definition) is 1. The molecule has 0 aliphatic carbocycles. The molecule has 2 aromatic heterocycles. The van der Waals surface area contributed by atoms with Gasteiger partial charge in [-0.3, -0.25) is 0 Å². The average molecular weight is 223 g/mol. The van der Waals surface area contributed by atoms with Crippen molar-refractivity contribution < 1.29 is 0 Å². The zero-order valence-corrected chi connectivity index (χ0v) is 9.43. The van der Waals surface area contributed by atoms with Crippen molar-refractivity contribution in [3.63, 3.8) is 0 Å². The molecule has 2 heterocycles. The lowest BCUT2D eigenvalue weighted by Crippen LogP contribution is -1.92. The fraction of sp³-hybridized carbons (Fsp3) is 0.143. The summed E-state index contributed by atoms with van der Waals surface area (Å²) >= 11 is 0. The van der Waals surface area contributed by atoms with E-state index in [9.17, 15) is 0 Å². The normalized spacial score (nSPS) is 10.8. The highest BCUT2D eigenvalue weighted by Gasteiger charge is 2.00. The lowest BCUT2D eigenvalue weighted by Gasteiger charge is -2.01. The standard InChI is InChI=1S/C14H13N3/c1-2-4-11(5-3-1)6-7-12-8-13-14(15-9-12)17-10-16-13/h1-5,8-10H,6-7H2,(H,15,16,17). The Hall–Kier alpha value is -2.16. The molecule has 0 unspecified atom stereocenters. The van der Waals surface area contributed by atoms with Crippen molar-refractivity contribution in [3.8, 4) is 0 Å². The van der Waals surface area contributed by atoms with Crippen molar-refractivity contribution in [3.05, 3.63) is 60.0 Å². The summed E-state index contributed by atoms with van der Waals surface area (Å²) in [7, 11) is 0. The SMILES string of the molecule is c1ccc(CCc2cnc3nc[nH]c3c2)cc1. The maximum absolute atomic E-state index is 4.31. The Balaban J connectivity index is 1.76. The number of pyridine rings is 1. The van der Waals surface area contributed by atoms with Crippen LogP contribution < -0.4 is 0 Å². The molecule has 3 aromatic rings. The number of aryl methyl sites for hydroxylation is 2. The molecule has 0 saturated carbocycles. The Morgan fingerprint density at radius 2 is 1.76 bits per heavy atom. The average Bonchev–Trinajstić information content (AvgIpc) is 2.85. The second-order valence-electron chi connectivity index (χ2n) is 4.10. The van der Waals surface area contributed by atoms with E-state index in [-0.39, 0.29) is 0 Å². The van der Waals surface area contributed by atoms with Crippen LogP contribution in [-0.4, -0.2) is 15.0 Å². The molecule has 1 aromatic carbocycles. The van der Waals surface area contributed by atoms with Crippen molar-refractivity contribution >= 4 is 11.2 Å². The van der Waals surface area contributed by atoms with Crippen molar-refractivity contribution in [2.45, 2.75) is 12.8 Å². The number of rotatable bonds is 3. The maximum atomic E-state index is 4.31. The number of aromatic nitrogens is 3. The van der Waals surface area contributed by atoms with E-state index in [1.165, 1.54) is 11.1 Å². The van der Waals surface area contributed by atoms with E-state index in [1.54, 1.807) is 6.33 Å². The van der Waals surface area contributed by atoms with Crippen LogP contribution >= 0.6 is 0 Å². The minimum Gasteiger partial charge on any atom is -0.343 e. The molecule has 3 heteroatoms. The quantitative estimate of drug-likeness (QED) is 0.741. The van der Waals surface area contributed by atoms with Crippen LogP contribution in [0, 0.1) is 0 Å². The highest BCUT2D eigenvalue weighted by atomic mass is 14.9. The van der Waals surface area contributed by atoms with E-state index in [2.05, 4.69) is 45.3 Å². The molecule has 0 aliphatic heterocycles. The Bertz CT molecular complexity index is 613. The Morgan fingerprint density at radius 1 is 0.941 bits per heavy atom. The van der Waals surface area contributed by atoms with E-state index < -0.39 is 0 Å². The molecule has 0 fully saturated rings. The number of nitrogens with zero attached hydrogens (tertiary/aromatic N) is 2. The third kappa shape index (κ3) is 2.18. The Labute approximate surface area is 99.5 Å². The van der Waals surface area contributed by atoms with Crippen LogP contribution in [0.5, 0.6) is 0 Å². The molecule has 17 heavy (non-hydrogen) atoms. The summed E-state index contributed by atoms with van der Waals surface area (Å²) in [6.45, 7) is 0. The van der Waals surface area contributed by atoms with Gasteiger partial charge in [0.25, 0.3) is 0 Å². The number of benzene rings is 1. The monoisotopic (exact) mass is 223 g/mol. The zero-order chi connectivity index (χ0) is 11.5. The van der Waals surface area contributed by atoms with Crippen molar-refractivity contribution in [2.24, 2.45) is 0 Å². The van der Waals surface area contributed by atoms with Gasteiger partial charge in [0.2, 0.25) is 0 Å². The van der Waals surface area contributed by atoms with Gasteiger partial charge in [-0.15, -0.1) is 0 Å². The van der Waals surface area contributed by atoms with Crippen LogP contribution in [-0.2, 0) is 12.8 Å². The van der Waals surface area contributed by atoms with Gasteiger partial charge in [0, 0.05) is 6.20 Å². The predicted octanol–water partition coefficient (Wildman–Crippen LogP) is 2.74. The summed E-state index contributed by atoms with van der Waals surface area (Å²) in [4.78, 5) is 11.5. The largest absolute Gasteiger partial charge is 0.343 e. The van der Waals surface area contributed by atoms with E-state index >= 15 is 0 Å². The molecule has 3 nitrogen and oxygen atoms in total. The fourth-order valence-corrected chi connectivity index (χ4v) is 1.94. The van der Waals surface area contributed by atoms with Crippen LogP contribution in [0.2, 0.25) is 0 Å². The van der Waals surface area contributed by atoms with Crippen LogP contribution in [0.4, 0.5) is 0 Å². The molecule has 0 amide bonds. The Morgan fingerprint density at radius 3 is 2.65 bits per heavy atom. The van der Waals surface area contributed by atoms with Crippen LogP contribution in [0.15, 0.2) is 48.9 Å². The van der Waals surface area contributed by atoms with Gasteiger partial charge in [-0.2, -0.15) is 0 Å². The number of H-pyrrole nitrogens is 1. The molecule has 0 saturated heterocycles. The lowest BCUT2D eigenvalue weighted by atomic mass is 10.1.